The lowest BCUT2D eigenvalue weighted by Crippen LogP contribution is -2.68. The number of aromatic nitrogens is 11. The molecule has 1 saturated carbocycles. The highest BCUT2D eigenvalue weighted by Crippen LogP contribution is 2.36. The van der Waals surface area contributed by atoms with Crippen LogP contribution in [-0.2, 0) is 67.5 Å². The number of H-pyrrole nitrogens is 1. The number of unbranched alkanes of at least 4 members (excludes halogenated alkanes) is 4. The van der Waals surface area contributed by atoms with Crippen LogP contribution in [0.25, 0.3) is 22.4 Å². The van der Waals surface area contributed by atoms with E-state index in [1.165, 1.54) is 10.4 Å². The van der Waals surface area contributed by atoms with Crippen molar-refractivity contribution < 1.29 is 63.8 Å². The number of aromatic amines is 1. The molecule has 9 unspecified atom stereocenters. The number of aliphatic hydroxyl groups excluding tert-OH is 6. The van der Waals surface area contributed by atoms with Crippen molar-refractivity contribution in [3.63, 3.8) is 0 Å². The number of ether oxygens (including phenoxy) is 7. The van der Waals surface area contributed by atoms with Gasteiger partial charge in [0.25, 0.3) is 0 Å². The number of aryl methyl sites for hydroxylation is 4. The lowest BCUT2D eigenvalue weighted by molar-refractivity contribution is -0.306. The number of hydrogen-bond donors (Lipinski definition) is 13. The Morgan fingerprint density at radius 2 is 1.12 bits per heavy atom. The van der Waals surface area contributed by atoms with E-state index < -0.39 is 116 Å². The number of nitrogens with zero attached hydrogens (tertiary/aromatic N) is 12. The Labute approximate surface area is 519 Å². The van der Waals surface area contributed by atoms with Crippen LogP contribution in [0.5, 0.6) is 5.75 Å². The second kappa shape index (κ2) is 29.8. The van der Waals surface area contributed by atoms with Crippen LogP contribution in [0.4, 0.5) is 5.69 Å². The van der Waals surface area contributed by atoms with Crippen molar-refractivity contribution in [1.29, 1.82) is 0 Å². The van der Waals surface area contributed by atoms with Crippen LogP contribution in [0.1, 0.15) is 62.0 Å². The molecule has 32 heteroatoms. The average Bonchev–Trinajstić information content (AvgIpc) is 1.54. The summed E-state index contributed by atoms with van der Waals surface area (Å²) in [6, 6.07) is 10.0. The van der Waals surface area contributed by atoms with Crippen LogP contribution in [0.15, 0.2) is 61.1 Å². The first-order valence-corrected chi connectivity index (χ1v) is 31.3. The largest absolute Gasteiger partial charge is 0.487 e. The fourth-order valence-electron chi connectivity index (χ4n) is 12.3. The number of benzene rings is 2. The lowest BCUT2D eigenvalue weighted by atomic mass is 9.84. The number of hydrogen-bond acceptors (Lipinski definition) is 28. The molecule has 8 heterocycles. The number of fused-ring (bicyclic) bond motifs is 1. The van der Waals surface area contributed by atoms with Gasteiger partial charge in [-0.2, -0.15) is 0 Å². The third kappa shape index (κ3) is 15.5. The van der Waals surface area contributed by atoms with Gasteiger partial charge in [0.15, 0.2) is 18.9 Å². The molecular weight excluding hydrogens is 1170 g/mol. The highest BCUT2D eigenvalue weighted by atomic mass is 16.8. The summed E-state index contributed by atoms with van der Waals surface area (Å²) in [6.45, 7) is 5.59. The monoisotopic (exact) mass is 1260 g/mol. The number of nitrogens with one attached hydrogen (secondary N) is 1. The molecule has 6 aromatic rings. The molecule has 2 aromatic carbocycles. The van der Waals surface area contributed by atoms with Crippen molar-refractivity contribution in [2.45, 2.75) is 200 Å². The van der Waals surface area contributed by atoms with E-state index >= 15 is 0 Å². The summed E-state index contributed by atoms with van der Waals surface area (Å²) in [7, 11) is 2.16. The highest BCUT2D eigenvalue weighted by Gasteiger charge is 2.55. The van der Waals surface area contributed by atoms with Crippen molar-refractivity contribution in [3.05, 3.63) is 78.1 Å². The number of nitrogens with two attached hydrogens (primary N) is 6. The van der Waals surface area contributed by atoms with Crippen molar-refractivity contribution in [2.75, 3.05) is 51.2 Å². The molecular formula is C58H89N19O13. The second-order valence-corrected chi connectivity index (χ2v) is 24.5. The molecule has 0 spiro atoms. The zero-order chi connectivity index (χ0) is 63.2. The third-order valence-corrected chi connectivity index (χ3v) is 17.8. The van der Waals surface area contributed by atoms with E-state index in [-0.39, 0.29) is 26.1 Å². The minimum absolute atomic E-state index is 0.0373. The smallest absolute Gasteiger partial charge is 0.187 e. The number of imidazole rings is 1. The number of anilines is 1. The van der Waals surface area contributed by atoms with Gasteiger partial charge in [-0.15, -0.1) is 15.3 Å². The first-order chi connectivity index (χ1) is 43.5. The number of rotatable bonds is 27. The van der Waals surface area contributed by atoms with E-state index in [1.807, 2.05) is 46.0 Å². The fraction of sp³-hybridized carbons (Fsp3) is 0.672. The molecule has 90 heavy (non-hydrogen) atoms. The molecule has 494 valence electrons. The van der Waals surface area contributed by atoms with Gasteiger partial charge in [-0.05, 0) is 94.5 Å². The van der Waals surface area contributed by atoms with Crippen LogP contribution < -0.4 is 44.0 Å². The molecule has 5 aliphatic rings. The molecule has 32 nitrogen and oxygen atoms in total. The van der Waals surface area contributed by atoms with Gasteiger partial charge in [0, 0.05) is 88.1 Å². The van der Waals surface area contributed by atoms with Gasteiger partial charge < -0.3 is 113 Å². The van der Waals surface area contributed by atoms with Gasteiger partial charge in [0.1, 0.15) is 91.0 Å². The van der Waals surface area contributed by atoms with Gasteiger partial charge in [-0.25, -0.2) is 9.67 Å². The van der Waals surface area contributed by atoms with Crippen LogP contribution in [0.2, 0.25) is 0 Å². The Hall–Kier alpha value is -5.83. The van der Waals surface area contributed by atoms with Crippen LogP contribution >= 0.6 is 0 Å². The molecule has 0 bridgehead atoms. The molecule has 0 amide bonds. The Morgan fingerprint density at radius 1 is 0.567 bits per heavy atom. The third-order valence-electron chi connectivity index (χ3n) is 17.8. The summed E-state index contributed by atoms with van der Waals surface area (Å²) in [5.74, 6) is 1.56. The summed E-state index contributed by atoms with van der Waals surface area (Å²) >= 11 is 0. The standard InChI is InChI=1S/C58H89N19O13/c1-73-18-20-74(21-19-73)35-12-15-39-40(22-35)66-55(65-39)31-10-13-36(14-11-31)84-30-34-28-76(71-69-34)17-7-3-2-6-16-75-26-32(67-70-75)8-4-5-9-33-27-77(72-68-33)29-43-53(89-57-45(64)50(82)48(80)42(25-60)86-57)51(83)58(87-43)90-54-46(78)37(61)23-38(62)52(54)88-56-44(63)49(81)47(79)41(24-59)85-56/h10-15,22,26-28,37-38,41-54,56-58,78-83H,2-9,16-21,23-25,29-30,59-64H2,1H3,(H,65,66)/t37-,38?,41?,42+,43-,44?,45?,46?,47-,48?,49-,50?,51+,52-,53+,54-,56-,57?,58?/m1/s1. The predicted molar refractivity (Wildman–Crippen MR) is 322 cm³/mol. The number of piperazine rings is 1. The number of likely N-dealkylation sites (N-methyl/N-ethyl adjacent to an activating group) is 1. The van der Waals surface area contributed by atoms with Crippen molar-refractivity contribution in [3.8, 4) is 17.1 Å². The van der Waals surface area contributed by atoms with E-state index in [0.717, 1.165) is 124 Å². The van der Waals surface area contributed by atoms with Crippen molar-refractivity contribution in [2.24, 2.45) is 34.4 Å². The molecule has 4 aromatic heterocycles. The zero-order valence-corrected chi connectivity index (χ0v) is 50.5. The molecule has 11 rings (SSSR count). The molecule has 19 atom stereocenters. The Balaban J connectivity index is 0.606. The summed E-state index contributed by atoms with van der Waals surface area (Å²) in [5, 5.41) is 92.1. The molecule has 5 fully saturated rings. The SMILES string of the molecule is CN1CCN(c2ccc3nc(-c4ccc(OCc5cn(CCCCCCn6cc(CCCCc7cn(C[C@H]8OC(O[C@@H]9C(O)[C@H](N)CC(N)[C@H]9O[C@H]9OC(CN)[C@@H](O)[C@H](O)C9N)[C@@H](O)[C@H]8OC8O[C@@H](CN)C(O)C(O)C8N)nn7)nn6)nn5)cc4)[nH]c3c2)CC1. The van der Waals surface area contributed by atoms with Crippen LogP contribution in [0.3, 0.4) is 0 Å². The molecule has 0 radical (unpaired) electrons. The molecule has 4 aliphatic heterocycles. The van der Waals surface area contributed by atoms with E-state index in [2.05, 4.69) is 71.0 Å². The maximum Gasteiger partial charge on any atom is 0.187 e. The number of aliphatic hydroxyl groups is 6. The van der Waals surface area contributed by atoms with Crippen molar-refractivity contribution >= 4 is 16.7 Å². The first-order valence-electron chi connectivity index (χ1n) is 31.3. The summed E-state index contributed by atoms with van der Waals surface area (Å²) in [6.07, 6.45) is -7.43. The molecule has 4 saturated heterocycles. The van der Waals surface area contributed by atoms with Crippen LogP contribution in [0, 0.1) is 0 Å². The van der Waals surface area contributed by atoms with E-state index in [9.17, 15) is 30.6 Å². The normalized spacial score (nSPS) is 32.7. The Morgan fingerprint density at radius 3 is 1.74 bits per heavy atom. The van der Waals surface area contributed by atoms with E-state index in [0.29, 0.717) is 18.7 Å². The lowest BCUT2D eigenvalue weighted by Gasteiger charge is -2.47. The fourth-order valence-corrected chi connectivity index (χ4v) is 12.3. The second-order valence-electron chi connectivity index (χ2n) is 24.5. The van der Waals surface area contributed by atoms with Crippen molar-refractivity contribution in [1.82, 2.24) is 59.8 Å². The molecule has 1 aliphatic carbocycles. The summed E-state index contributed by atoms with van der Waals surface area (Å²) < 4.78 is 48.2. The highest BCUT2D eigenvalue weighted by molar-refractivity contribution is 5.83. The summed E-state index contributed by atoms with van der Waals surface area (Å²) in [5.41, 5.74) is 43.5. The van der Waals surface area contributed by atoms with Crippen LogP contribution in [-0.4, -0.2) is 253 Å². The molecule has 19 N–H and O–H groups in total. The van der Waals surface area contributed by atoms with Gasteiger partial charge in [-0.1, -0.05) is 28.5 Å². The topological polar surface area (TPSA) is 469 Å². The first kappa shape index (κ1) is 65.7. The summed E-state index contributed by atoms with van der Waals surface area (Å²) in [4.78, 5) is 13.1. The van der Waals surface area contributed by atoms with E-state index in [1.54, 1.807) is 6.20 Å². The Kier molecular flexibility index (Phi) is 21.8. The minimum Gasteiger partial charge on any atom is -0.487 e. The maximum absolute atomic E-state index is 12.0. The van der Waals surface area contributed by atoms with Gasteiger partial charge in [0.05, 0.1) is 53.4 Å². The predicted octanol–water partition coefficient (Wildman–Crippen LogP) is -3.71. The maximum atomic E-state index is 12.0. The average molecular weight is 1260 g/mol. The van der Waals surface area contributed by atoms with Gasteiger partial charge >= 0.3 is 0 Å². The van der Waals surface area contributed by atoms with Gasteiger partial charge in [0.2, 0.25) is 0 Å². The Bertz CT molecular complexity index is 3180. The zero-order valence-electron chi connectivity index (χ0n) is 50.5. The van der Waals surface area contributed by atoms with E-state index in [4.69, 9.17) is 72.5 Å². The van der Waals surface area contributed by atoms with Gasteiger partial charge in [-0.3, -0.25) is 9.36 Å². The quantitative estimate of drug-likeness (QED) is 0.0221. The minimum atomic E-state index is -1.62.